The molecule has 2 atom stereocenters. The first-order valence-corrected chi connectivity index (χ1v) is 7.01. The number of aryl methyl sites for hydroxylation is 1. The van der Waals surface area contributed by atoms with Crippen LogP contribution in [0, 0.1) is 0 Å². The van der Waals surface area contributed by atoms with Gasteiger partial charge in [-0.2, -0.15) is 0 Å². The molecule has 1 aliphatic carbocycles. The fourth-order valence-electron chi connectivity index (χ4n) is 2.36. The van der Waals surface area contributed by atoms with E-state index in [1.165, 1.54) is 7.05 Å². The van der Waals surface area contributed by atoms with Crippen LogP contribution in [0.1, 0.15) is 37.0 Å². The quantitative estimate of drug-likeness (QED) is 0.783. The van der Waals surface area contributed by atoms with Gasteiger partial charge in [-0.25, -0.2) is 4.79 Å². The zero-order valence-electron chi connectivity index (χ0n) is 12.2. The summed E-state index contributed by atoms with van der Waals surface area (Å²) < 4.78 is 5.53. The van der Waals surface area contributed by atoms with Crippen molar-refractivity contribution in [3.05, 3.63) is 29.3 Å². The SMILES string of the molecule is CNC(=O)NC(=O)C(C)Oc1ccc2c(c1)[C@@H](O)CCC2. The van der Waals surface area contributed by atoms with Crippen molar-refractivity contribution in [1.29, 1.82) is 0 Å². The number of carbonyl (C=O) groups is 2. The number of carbonyl (C=O) groups excluding carboxylic acids is 2. The molecule has 0 fully saturated rings. The fourth-order valence-corrected chi connectivity index (χ4v) is 2.36. The standard InChI is InChI=1S/C15H20N2O4/c1-9(14(19)17-15(20)16-2)21-11-7-6-10-4-3-5-13(18)12(10)8-11/h6-9,13,18H,3-5H2,1-2H3,(H2,16,17,19,20)/t9?,13-/m0/s1. The molecule has 0 aromatic heterocycles. The normalized spacial score (nSPS) is 18.3. The predicted octanol–water partition coefficient (Wildman–Crippen LogP) is 1.28. The fraction of sp³-hybridized carbons (Fsp3) is 0.467. The average Bonchev–Trinajstić information content (AvgIpc) is 2.47. The Balaban J connectivity index is 2.04. The highest BCUT2D eigenvalue weighted by molar-refractivity contribution is 5.96. The Morgan fingerprint density at radius 2 is 2.19 bits per heavy atom. The smallest absolute Gasteiger partial charge is 0.321 e. The Bertz CT molecular complexity index is 544. The molecule has 3 amide bonds. The summed E-state index contributed by atoms with van der Waals surface area (Å²) in [5.41, 5.74) is 1.97. The first-order valence-electron chi connectivity index (χ1n) is 7.01. The summed E-state index contributed by atoms with van der Waals surface area (Å²) in [5.74, 6) is -0.0122. The molecule has 1 unspecified atom stereocenters. The molecule has 1 aromatic carbocycles. The minimum absolute atomic E-state index is 0.479. The zero-order valence-corrected chi connectivity index (χ0v) is 12.2. The molecule has 0 saturated heterocycles. The number of urea groups is 1. The van der Waals surface area contributed by atoms with Crippen molar-refractivity contribution in [1.82, 2.24) is 10.6 Å². The first kappa shape index (κ1) is 15.3. The van der Waals surface area contributed by atoms with Gasteiger partial charge in [0.2, 0.25) is 0 Å². The molecule has 114 valence electrons. The van der Waals surface area contributed by atoms with E-state index in [1.807, 2.05) is 6.07 Å². The number of nitrogens with one attached hydrogen (secondary N) is 2. The van der Waals surface area contributed by atoms with Crippen molar-refractivity contribution in [2.75, 3.05) is 7.05 Å². The summed E-state index contributed by atoms with van der Waals surface area (Å²) in [6.45, 7) is 1.56. The predicted molar refractivity (Wildman–Crippen MR) is 77.0 cm³/mol. The number of imide groups is 1. The number of amides is 3. The highest BCUT2D eigenvalue weighted by Crippen LogP contribution is 2.32. The van der Waals surface area contributed by atoms with E-state index >= 15 is 0 Å². The number of fused-ring (bicyclic) bond motifs is 1. The molecule has 3 N–H and O–H groups in total. The van der Waals surface area contributed by atoms with Crippen LogP contribution in [-0.2, 0) is 11.2 Å². The van der Waals surface area contributed by atoms with Gasteiger partial charge in [0.25, 0.3) is 5.91 Å². The number of benzene rings is 1. The number of ether oxygens (including phenoxy) is 1. The molecular weight excluding hydrogens is 272 g/mol. The van der Waals surface area contributed by atoms with Gasteiger partial charge in [-0.3, -0.25) is 10.1 Å². The molecular formula is C15H20N2O4. The van der Waals surface area contributed by atoms with Gasteiger partial charge in [-0.1, -0.05) is 6.07 Å². The third-order valence-corrected chi connectivity index (χ3v) is 3.55. The summed E-state index contributed by atoms with van der Waals surface area (Å²) in [7, 11) is 1.43. The molecule has 0 radical (unpaired) electrons. The maximum Gasteiger partial charge on any atom is 0.321 e. The maximum absolute atomic E-state index is 11.7. The molecule has 2 rings (SSSR count). The van der Waals surface area contributed by atoms with Gasteiger partial charge < -0.3 is 15.2 Å². The van der Waals surface area contributed by atoms with Crippen LogP contribution >= 0.6 is 0 Å². The largest absolute Gasteiger partial charge is 0.481 e. The van der Waals surface area contributed by atoms with Crippen LogP contribution in [0.3, 0.4) is 0 Å². The van der Waals surface area contributed by atoms with Gasteiger partial charge in [0.1, 0.15) is 5.75 Å². The van der Waals surface area contributed by atoms with Gasteiger partial charge in [-0.05, 0) is 49.4 Å². The van der Waals surface area contributed by atoms with Crippen molar-refractivity contribution >= 4 is 11.9 Å². The number of aliphatic hydroxyl groups excluding tert-OH is 1. The highest BCUT2D eigenvalue weighted by atomic mass is 16.5. The lowest BCUT2D eigenvalue weighted by atomic mass is 9.89. The molecule has 0 spiro atoms. The van der Waals surface area contributed by atoms with E-state index in [1.54, 1.807) is 19.1 Å². The van der Waals surface area contributed by atoms with Crippen LogP contribution in [0.2, 0.25) is 0 Å². The number of hydrogen-bond acceptors (Lipinski definition) is 4. The van der Waals surface area contributed by atoms with E-state index in [-0.39, 0.29) is 0 Å². The Morgan fingerprint density at radius 3 is 2.90 bits per heavy atom. The molecule has 0 bridgehead atoms. The lowest BCUT2D eigenvalue weighted by Gasteiger charge is -2.22. The van der Waals surface area contributed by atoms with E-state index in [4.69, 9.17) is 4.74 Å². The molecule has 0 aliphatic heterocycles. The van der Waals surface area contributed by atoms with Gasteiger partial charge in [0.15, 0.2) is 6.10 Å². The monoisotopic (exact) mass is 292 g/mol. The summed E-state index contributed by atoms with van der Waals surface area (Å²) >= 11 is 0. The van der Waals surface area contributed by atoms with Crippen molar-refractivity contribution < 1.29 is 19.4 Å². The molecule has 6 heteroatoms. The number of aliphatic hydroxyl groups is 1. The Kier molecular flexibility index (Phi) is 4.80. The maximum atomic E-state index is 11.7. The summed E-state index contributed by atoms with van der Waals surface area (Å²) in [5, 5.41) is 14.5. The van der Waals surface area contributed by atoms with E-state index in [0.717, 1.165) is 30.4 Å². The van der Waals surface area contributed by atoms with Crippen LogP contribution in [0.4, 0.5) is 4.79 Å². The Morgan fingerprint density at radius 1 is 1.43 bits per heavy atom. The van der Waals surface area contributed by atoms with Gasteiger partial charge in [0, 0.05) is 7.05 Å². The average molecular weight is 292 g/mol. The molecule has 0 saturated carbocycles. The van der Waals surface area contributed by atoms with Crippen molar-refractivity contribution in [3.8, 4) is 5.75 Å². The number of rotatable bonds is 3. The Hall–Kier alpha value is -2.08. The van der Waals surface area contributed by atoms with E-state index in [0.29, 0.717) is 5.75 Å². The second kappa shape index (κ2) is 6.58. The minimum atomic E-state index is -0.805. The van der Waals surface area contributed by atoms with Crippen LogP contribution in [0.15, 0.2) is 18.2 Å². The molecule has 0 heterocycles. The third-order valence-electron chi connectivity index (χ3n) is 3.55. The molecule has 21 heavy (non-hydrogen) atoms. The van der Waals surface area contributed by atoms with Crippen molar-refractivity contribution in [3.63, 3.8) is 0 Å². The van der Waals surface area contributed by atoms with Crippen LogP contribution in [0.5, 0.6) is 5.75 Å². The van der Waals surface area contributed by atoms with E-state index in [2.05, 4.69) is 10.6 Å². The van der Waals surface area contributed by atoms with Gasteiger partial charge in [-0.15, -0.1) is 0 Å². The third kappa shape index (κ3) is 3.72. The van der Waals surface area contributed by atoms with Gasteiger partial charge in [0.05, 0.1) is 6.10 Å². The second-order valence-electron chi connectivity index (χ2n) is 5.10. The Labute approximate surface area is 123 Å². The summed E-state index contributed by atoms with van der Waals surface area (Å²) in [4.78, 5) is 22.8. The lowest BCUT2D eigenvalue weighted by Crippen LogP contribution is -2.43. The summed E-state index contributed by atoms with van der Waals surface area (Å²) in [6, 6.07) is 4.89. The summed E-state index contributed by atoms with van der Waals surface area (Å²) in [6.07, 6.45) is 1.37. The van der Waals surface area contributed by atoms with Crippen molar-refractivity contribution in [2.24, 2.45) is 0 Å². The second-order valence-corrected chi connectivity index (χ2v) is 5.10. The van der Waals surface area contributed by atoms with E-state index in [9.17, 15) is 14.7 Å². The lowest BCUT2D eigenvalue weighted by molar-refractivity contribution is -0.126. The van der Waals surface area contributed by atoms with E-state index < -0.39 is 24.1 Å². The van der Waals surface area contributed by atoms with Gasteiger partial charge >= 0.3 is 6.03 Å². The number of hydrogen-bond donors (Lipinski definition) is 3. The highest BCUT2D eigenvalue weighted by Gasteiger charge is 2.21. The zero-order chi connectivity index (χ0) is 15.4. The van der Waals surface area contributed by atoms with Crippen molar-refractivity contribution in [2.45, 2.75) is 38.4 Å². The van der Waals surface area contributed by atoms with Crippen LogP contribution in [0.25, 0.3) is 0 Å². The molecule has 1 aliphatic rings. The van der Waals surface area contributed by atoms with Crippen LogP contribution in [-0.4, -0.2) is 30.2 Å². The molecule has 1 aromatic rings. The first-order chi connectivity index (χ1) is 10.0. The minimum Gasteiger partial charge on any atom is -0.481 e. The molecule has 6 nitrogen and oxygen atoms in total. The topological polar surface area (TPSA) is 87.7 Å². The van der Waals surface area contributed by atoms with Crippen LogP contribution < -0.4 is 15.4 Å².